The first-order valence-electron chi connectivity index (χ1n) is 7.78. The van der Waals surface area contributed by atoms with Crippen molar-refractivity contribution in [1.82, 2.24) is 4.72 Å². The number of amides is 1. The van der Waals surface area contributed by atoms with Crippen molar-refractivity contribution in [1.29, 1.82) is 0 Å². The van der Waals surface area contributed by atoms with Crippen LogP contribution in [0.1, 0.15) is 6.92 Å². The summed E-state index contributed by atoms with van der Waals surface area (Å²) in [6, 6.07) is 5.81. The van der Waals surface area contributed by atoms with Gasteiger partial charge in [0.15, 0.2) is 0 Å². The maximum Gasteiger partial charge on any atom is 0.242 e. The summed E-state index contributed by atoms with van der Waals surface area (Å²) >= 11 is 17.8. The van der Waals surface area contributed by atoms with Gasteiger partial charge in [-0.15, -0.1) is 0 Å². The summed E-state index contributed by atoms with van der Waals surface area (Å²) < 4.78 is 37.6. The largest absolute Gasteiger partial charge is 0.495 e. The topological polar surface area (TPSA) is 93.7 Å². The van der Waals surface area contributed by atoms with Crippen molar-refractivity contribution in [2.75, 3.05) is 19.5 Å². The second kappa shape index (κ2) is 9.19. The van der Waals surface area contributed by atoms with Gasteiger partial charge in [0.05, 0.1) is 36.0 Å². The predicted molar refractivity (Wildman–Crippen MR) is 109 cm³/mol. The predicted octanol–water partition coefficient (Wildman–Crippen LogP) is 3.97. The fourth-order valence-electron chi connectivity index (χ4n) is 2.23. The Balaban J connectivity index is 2.22. The van der Waals surface area contributed by atoms with Crippen LogP contribution in [0.4, 0.5) is 5.69 Å². The molecule has 0 bridgehead atoms. The van der Waals surface area contributed by atoms with Gasteiger partial charge in [-0.05, 0) is 25.1 Å². The molecular weight excluding hydrogens is 451 g/mol. The molecule has 11 heteroatoms. The Morgan fingerprint density at radius 2 is 1.64 bits per heavy atom. The van der Waals surface area contributed by atoms with E-state index in [2.05, 4.69) is 10.0 Å². The van der Waals surface area contributed by atoms with Gasteiger partial charge < -0.3 is 14.8 Å². The monoisotopic (exact) mass is 466 g/mol. The molecule has 0 radical (unpaired) electrons. The lowest BCUT2D eigenvalue weighted by molar-refractivity contribution is -0.117. The lowest BCUT2D eigenvalue weighted by Gasteiger charge is -2.17. The molecule has 28 heavy (non-hydrogen) atoms. The molecule has 2 aromatic rings. The van der Waals surface area contributed by atoms with Crippen LogP contribution < -0.4 is 19.5 Å². The highest BCUT2D eigenvalue weighted by Gasteiger charge is 2.25. The first kappa shape index (κ1) is 22.6. The molecule has 0 saturated carbocycles. The van der Waals surface area contributed by atoms with Crippen molar-refractivity contribution in [3.63, 3.8) is 0 Å². The van der Waals surface area contributed by atoms with E-state index in [0.717, 1.165) is 0 Å². The Bertz CT molecular complexity index is 999. The highest BCUT2D eigenvalue weighted by Crippen LogP contribution is 2.36. The van der Waals surface area contributed by atoms with Gasteiger partial charge >= 0.3 is 0 Å². The lowest BCUT2D eigenvalue weighted by atomic mass is 10.2. The van der Waals surface area contributed by atoms with Crippen molar-refractivity contribution in [3.05, 3.63) is 45.4 Å². The van der Waals surface area contributed by atoms with E-state index >= 15 is 0 Å². The Morgan fingerprint density at radius 1 is 1.00 bits per heavy atom. The molecule has 7 nitrogen and oxygen atoms in total. The molecule has 1 atom stereocenters. The van der Waals surface area contributed by atoms with Crippen LogP contribution in [0.5, 0.6) is 11.5 Å². The number of hydrogen-bond donors (Lipinski definition) is 2. The average molecular weight is 468 g/mol. The lowest BCUT2D eigenvalue weighted by Crippen LogP contribution is -2.41. The Labute approximate surface area is 177 Å². The molecule has 0 aliphatic carbocycles. The van der Waals surface area contributed by atoms with Crippen molar-refractivity contribution in [2.24, 2.45) is 0 Å². The third kappa shape index (κ3) is 5.21. The zero-order valence-corrected chi connectivity index (χ0v) is 18.1. The number of halogens is 3. The minimum atomic E-state index is -4.09. The summed E-state index contributed by atoms with van der Waals surface area (Å²) in [5, 5.41) is 3.04. The Kier molecular flexibility index (Phi) is 7.41. The first-order valence-corrected chi connectivity index (χ1v) is 10.4. The highest BCUT2D eigenvalue weighted by atomic mass is 35.5. The van der Waals surface area contributed by atoms with Crippen LogP contribution in [0.3, 0.4) is 0 Å². The molecule has 1 amide bonds. The molecule has 0 spiro atoms. The third-order valence-electron chi connectivity index (χ3n) is 3.64. The Morgan fingerprint density at radius 3 is 2.25 bits per heavy atom. The number of nitrogens with one attached hydrogen (secondary N) is 2. The number of rotatable bonds is 7. The van der Waals surface area contributed by atoms with E-state index in [0.29, 0.717) is 10.8 Å². The summed E-state index contributed by atoms with van der Waals surface area (Å²) in [7, 11) is -1.26. The molecule has 0 aliphatic rings. The SMILES string of the molecule is COc1cc(NC(=O)[C@H](C)NS(=O)(=O)c2cc(Cl)ccc2Cl)c(OC)cc1Cl. The van der Waals surface area contributed by atoms with Crippen molar-refractivity contribution in [3.8, 4) is 11.5 Å². The van der Waals surface area contributed by atoms with Crippen LogP contribution in [-0.2, 0) is 14.8 Å². The minimum Gasteiger partial charge on any atom is -0.495 e. The van der Waals surface area contributed by atoms with E-state index in [1.165, 1.54) is 51.5 Å². The number of carbonyl (C=O) groups is 1. The van der Waals surface area contributed by atoms with Crippen LogP contribution >= 0.6 is 34.8 Å². The van der Waals surface area contributed by atoms with Crippen LogP contribution in [0.15, 0.2) is 35.2 Å². The molecule has 0 heterocycles. The normalized spacial score (nSPS) is 12.4. The number of hydrogen-bond acceptors (Lipinski definition) is 5. The van der Waals surface area contributed by atoms with E-state index in [1.807, 2.05) is 0 Å². The molecule has 152 valence electrons. The standard InChI is InChI=1S/C17H17Cl3N2O5S/c1-9(22-28(24,25)16-6-10(18)4-5-11(16)19)17(23)21-13-8-14(26-2)12(20)7-15(13)27-3/h4-9,22H,1-3H3,(H,21,23)/t9-/m0/s1. The van der Waals surface area contributed by atoms with Crippen LogP contribution in [0.25, 0.3) is 0 Å². The van der Waals surface area contributed by atoms with Crippen LogP contribution in [0.2, 0.25) is 15.1 Å². The number of benzene rings is 2. The maximum atomic E-state index is 12.5. The van der Waals surface area contributed by atoms with E-state index in [1.54, 1.807) is 0 Å². The fraction of sp³-hybridized carbons (Fsp3) is 0.235. The van der Waals surface area contributed by atoms with E-state index in [9.17, 15) is 13.2 Å². The molecule has 0 saturated heterocycles. The highest BCUT2D eigenvalue weighted by molar-refractivity contribution is 7.89. The zero-order valence-electron chi connectivity index (χ0n) is 15.0. The molecule has 2 N–H and O–H groups in total. The second-order valence-corrected chi connectivity index (χ2v) is 8.53. The molecule has 2 rings (SSSR count). The number of ether oxygens (including phenoxy) is 2. The molecule has 0 unspecified atom stereocenters. The van der Waals surface area contributed by atoms with E-state index < -0.39 is 22.0 Å². The van der Waals surface area contributed by atoms with Crippen molar-refractivity contribution >= 4 is 56.4 Å². The maximum absolute atomic E-state index is 12.5. The van der Waals surface area contributed by atoms with Gasteiger partial charge in [0.1, 0.15) is 16.4 Å². The van der Waals surface area contributed by atoms with Gasteiger partial charge in [-0.25, -0.2) is 8.42 Å². The van der Waals surface area contributed by atoms with Crippen molar-refractivity contribution in [2.45, 2.75) is 17.9 Å². The molecule has 0 aliphatic heterocycles. The Hall–Kier alpha value is -1.71. The summed E-state index contributed by atoms with van der Waals surface area (Å²) in [4.78, 5) is 12.3. The third-order valence-corrected chi connectivity index (χ3v) is 6.19. The summed E-state index contributed by atoms with van der Waals surface area (Å²) in [6.45, 7) is 1.38. The summed E-state index contributed by atoms with van der Waals surface area (Å²) in [6.07, 6.45) is 0. The van der Waals surface area contributed by atoms with Gasteiger partial charge in [-0.1, -0.05) is 34.8 Å². The van der Waals surface area contributed by atoms with Crippen molar-refractivity contribution < 1.29 is 22.7 Å². The average Bonchev–Trinajstić information content (AvgIpc) is 2.64. The molecule has 2 aromatic carbocycles. The zero-order chi connectivity index (χ0) is 21.1. The smallest absolute Gasteiger partial charge is 0.242 e. The first-order chi connectivity index (χ1) is 13.1. The van der Waals surface area contributed by atoms with Gasteiger partial charge in [0.2, 0.25) is 15.9 Å². The molecular formula is C17H17Cl3N2O5S. The van der Waals surface area contributed by atoms with Gasteiger partial charge in [-0.2, -0.15) is 4.72 Å². The molecule has 0 fully saturated rings. The number of sulfonamides is 1. The quantitative estimate of drug-likeness (QED) is 0.642. The number of methoxy groups -OCH3 is 2. The second-order valence-electron chi connectivity index (χ2n) is 5.59. The van der Waals surface area contributed by atoms with Gasteiger partial charge in [-0.3, -0.25) is 4.79 Å². The summed E-state index contributed by atoms with van der Waals surface area (Å²) in [5.41, 5.74) is 0.264. The number of carbonyl (C=O) groups excluding carboxylic acids is 1. The molecule has 0 aromatic heterocycles. The summed E-state index contributed by atoms with van der Waals surface area (Å²) in [5.74, 6) is -0.0341. The number of anilines is 1. The van der Waals surface area contributed by atoms with Gasteiger partial charge in [0, 0.05) is 17.2 Å². The minimum absolute atomic E-state index is 0.0198. The van der Waals surface area contributed by atoms with Crippen LogP contribution in [0, 0.1) is 0 Å². The van der Waals surface area contributed by atoms with E-state index in [4.69, 9.17) is 44.3 Å². The van der Waals surface area contributed by atoms with Gasteiger partial charge in [0.25, 0.3) is 0 Å². The van der Waals surface area contributed by atoms with Crippen LogP contribution in [-0.4, -0.2) is 34.6 Å². The fourth-order valence-corrected chi connectivity index (χ4v) is 4.43. The van der Waals surface area contributed by atoms with E-state index in [-0.39, 0.29) is 26.4 Å².